The third-order valence-corrected chi connectivity index (χ3v) is 2.16. The normalized spacial score (nSPS) is 10.5. The van der Waals surface area contributed by atoms with E-state index in [0.717, 1.165) is 10.9 Å². The summed E-state index contributed by atoms with van der Waals surface area (Å²) < 4.78 is 1.62. The molecule has 0 spiro atoms. The van der Waals surface area contributed by atoms with Gasteiger partial charge in [-0.1, -0.05) is 18.2 Å². The van der Waals surface area contributed by atoms with Crippen LogP contribution in [0.2, 0.25) is 0 Å². The molecular weight excluding hydrogens is 166 g/mol. The van der Waals surface area contributed by atoms with E-state index in [2.05, 4.69) is 0 Å². The summed E-state index contributed by atoms with van der Waals surface area (Å²) in [6, 6.07) is 9.12. The third-order valence-electron chi connectivity index (χ3n) is 2.16. The Kier molecular flexibility index (Phi) is 1.59. The molecule has 1 aromatic carbocycles. The van der Waals surface area contributed by atoms with E-state index >= 15 is 0 Å². The number of para-hydroxylation sites is 1. The first-order valence-corrected chi connectivity index (χ1v) is 3.96. The number of aromatic carboxylic acids is 1. The van der Waals surface area contributed by atoms with E-state index < -0.39 is 5.97 Å². The maximum absolute atomic E-state index is 10.7. The fourth-order valence-electron chi connectivity index (χ4n) is 1.48. The van der Waals surface area contributed by atoms with Crippen LogP contribution in [0, 0.1) is 0 Å². The fourth-order valence-corrected chi connectivity index (χ4v) is 1.48. The summed E-state index contributed by atoms with van der Waals surface area (Å²) in [7, 11) is 1.72. The summed E-state index contributed by atoms with van der Waals surface area (Å²) in [5.74, 6) is -1.14. The molecule has 3 nitrogen and oxygen atoms in total. The Bertz CT molecular complexity index is 471. The predicted molar refractivity (Wildman–Crippen MR) is 47.2 cm³/mol. The minimum absolute atomic E-state index is 0.209. The molecule has 2 rings (SSSR count). The molecule has 3 heteroatoms. The van der Waals surface area contributed by atoms with Crippen molar-refractivity contribution in [2.24, 2.45) is 7.05 Å². The van der Waals surface area contributed by atoms with Crippen molar-refractivity contribution < 1.29 is 9.90 Å². The van der Waals surface area contributed by atoms with Crippen LogP contribution < -0.4 is 5.11 Å². The highest BCUT2D eigenvalue weighted by atomic mass is 16.4. The fraction of sp³-hybridized carbons (Fsp3) is 0.100. The van der Waals surface area contributed by atoms with Crippen molar-refractivity contribution in [1.82, 2.24) is 4.57 Å². The Labute approximate surface area is 75.2 Å². The molecule has 0 saturated carbocycles. The second kappa shape index (κ2) is 2.62. The number of rotatable bonds is 1. The zero-order chi connectivity index (χ0) is 9.42. The number of aromatic nitrogens is 1. The Morgan fingerprint density at radius 2 is 2.08 bits per heavy atom. The lowest BCUT2D eigenvalue weighted by molar-refractivity contribution is -0.255. The molecule has 66 valence electrons. The number of nitrogens with zero attached hydrogens (tertiary/aromatic N) is 1. The highest BCUT2D eigenvalue weighted by molar-refractivity contribution is 5.93. The van der Waals surface area contributed by atoms with Gasteiger partial charge < -0.3 is 14.5 Å². The smallest absolute Gasteiger partial charge is 0.0880 e. The van der Waals surface area contributed by atoms with Crippen LogP contribution in [0.15, 0.2) is 30.3 Å². The van der Waals surface area contributed by atoms with E-state index in [1.165, 1.54) is 0 Å². The van der Waals surface area contributed by atoms with Gasteiger partial charge in [-0.3, -0.25) is 0 Å². The molecule has 1 heterocycles. The minimum atomic E-state index is -1.14. The summed E-state index contributed by atoms with van der Waals surface area (Å²) in [4.78, 5) is 10.7. The Balaban J connectivity index is 2.81. The summed E-state index contributed by atoms with van der Waals surface area (Å²) in [5.41, 5.74) is 1.11. The summed E-state index contributed by atoms with van der Waals surface area (Å²) >= 11 is 0. The molecule has 0 N–H and O–H groups in total. The van der Waals surface area contributed by atoms with E-state index in [-0.39, 0.29) is 5.69 Å². The zero-order valence-electron chi connectivity index (χ0n) is 7.15. The first-order chi connectivity index (χ1) is 6.20. The molecule has 0 aliphatic rings. The first-order valence-electron chi connectivity index (χ1n) is 3.96. The van der Waals surface area contributed by atoms with Crippen molar-refractivity contribution in [1.29, 1.82) is 0 Å². The van der Waals surface area contributed by atoms with Gasteiger partial charge in [0.2, 0.25) is 0 Å². The Morgan fingerprint density at radius 1 is 1.38 bits per heavy atom. The van der Waals surface area contributed by atoms with E-state index in [0.29, 0.717) is 0 Å². The molecule has 0 aliphatic carbocycles. The van der Waals surface area contributed by atoms with Crippen molar-refractivity contribution in [2.75, 3.05) is 0 Å². The number of fused-ring (bicyclic) bond motifs is 1. The van der Waals surface area contributed by atoms with Crippen molar-refractivity contribution >= 4 is 16.9 Å². The molecule has 1 aromatic heterocycles. The van der Waals surface area contributed by atoms with Crippen LogP contribution in [0.25, 0.3) is 10.9 Å². The van der Waals surface area contributed by atoms with Crippen LogP contribution in [0.4, 0.5) is 0 Å². The van der Waals surface area contributed by atoms with Gasteiger partial charge in [-0.15, -0.1) is 0 Å². The van der Waals surface area contributed by atoms with Gasteiger partial charge in [-0.2, -0.15) is 0 Å². The summed E-state index contributed by atoms with van der Waals surface area (Å²) in [6.45, 7) is 0. The number of hydrogen-bond donors (Lipinski definition) is 0. The van der Waals surface area contributed by atoms with E-state index in [1.807, 2.05) is 24.3 Å². The average Bonchev–Trinajstić information content (AvgIpc) is 2.45. The number of carbonyl (C=O) groups excluding carboxylic acids is 1. The van der Waals surface area contributed by atoms with Gasteiger partial charge >= 0.3 is 0 Å². The molecule has 0 saturated heterocycles. The molecule has 0 bridgehead atoms. The maximum atomic E-state index is 10.7. The van der Waals surface area contributed by atoms with Crippen LogP contribution in [0.3, 0.4) is 0 Å². The lowest BCUT2D eigenvalue weighted by Gasteiger charge is -2.03. The van der Waals surface area contributed by atoms with Gasteiger partial charge in [0.1, 0.15) is 0 Å². The standard InChI is InChI=1S/C10H9NO2/c1-11-8-5-3-2-4-7(8)6-9(11)10(12)13/h2-6H,1H3,(H,12,13)/p-1. The van der Waals surface area contributed by atoms with Crippen LogP contribution in [0.5, 0.6) is 0 Å². The molecule has 0 radical (unpaired) electrons. The van der Waals surface area contributed by atoms with Gasteiger partial charge in [-0.25, -0.2) is 0 Å². The van der Waals surface area contributed by atoms with E-state index in [4.69, 9.17) is 0 Å². The number of carbonyl (C=O) groups is 1. The maximum Gasteiger partial charge on any atom is 0.0880 e. The molecule has 0 aliphatic heterocycles. The van der Waals surface area contributed by atoms with Crippen LogP contribution in [-0.2, 0) is 7.05 Å². The first kappa shape index (κ1) is 7.86. The Hall–Kier alpha value is -1.77. The highest BCUT2D eigenvalue weighted by Crippen LogP contribution is 2.17. The second-order valence-electron chi connectivity index (χ2n) is 2.93. The van der Waals surface area contributed by atoms with Crippen molar-refractivity contribution in [3.05, 3.63) is 36.0 Å². The lowest BCUT2D eigenvalue weighted by Crippen LogP contribution is -2.24. The second-order valence-corrected chi connectivity index (χ2v) is 2.93. The van der Waals surface area contributed by atoms with Crippen LogP contribution in [0.1, 0.15) is 10.5 Å². The van der Waals surface area contributed by atoms with Gasteiger partial charge in [0.25, 0.3) is 0 Å². The van der Waals surface area contributed by atoms with Crippen LogP contribution in [-0.4, -0.2) is 10.5 Å². The molecule has 0 amide bonds. The number of hydrogen-bond acceptors (Lipinski definition) is 2. The molecule has 13 heavy (non-hydrogen) atoms. The Morgan fingerprint density at radius 3 is 2.69 bits per heavy atom. The summed E-state index contributed by atoms with van der Waals surface area (Å²) in [6.07, 6.45) is 0. The van der Waals surface area contributed by atoms with Crippen LogP contribution >= 0.6 is 0 Å². The number of aryl methyl sites for hydroxylation is 1. The average molecular weight is 174 g/mol. The molecular formula is C10H8NO2-. The molecule has 0 fully saturated rings. The molecule has 0 atom stereocenters. The zero-order valence-corrected chi connectivity index (χ0v) is 7.15. The lowest BCUT2D eigenvalue weighted by atomic mass is 10.2. The van der Waals surface area contributed by atoms with Gasteiger partial charge in [0.15, 0.2) is 0 Å². The quantitative estimate of drug-likeness (QED) is 0.633. The van der Waals surface area contributed by atoms with Gasteiger partial charge in [0, 0.05) is 18.0 Å². The predicted octanol–water partition coefficient (Wildman–Crippen LogP) is 0.542. The van der Waals surface area contributed by atoms with Gasteiger partial charge in [-0.05, 0) is 12.1 Å². The number of benzene rings is 1. The third kappa shape index (κ3) is 1.09. The largest absolute Gasteiger partial charge is 0.543 e. The number of carboxylic acids is 1. The number of carboxylic acid groups (broad SMARTS) is 1. The molecule has 2 aromatic rings. The monoisotopic (exact) mass is 174 g/mol. The molecule has 0 unspecified atom stereocenters. The van der Waals surface area contributed by atoms with Crippen molar-refractivity contribution in [3.63, 3.8) is 0 Å². The summed E-state index contributed by atoms with van der Waals surface area (Å²) in [5, 5.41) is 11.6. The SMILES string of the molecule is Cn1c(C(=O)[O-])cc2ccccc21. The highest BCUT2D eigenvalue weighted by Gasteiger charge is 2.04. The topological polar surface area (TPSA) is 45.1 Å². The van der Waals surface area contributed by atoms with E-state index in [9.17, 15) is 9.90 Å². The van der Waals surface area contributed by atoms with Gasteiger partial charge in [0.05, 0.1) is 11.7 Å². The minimum Gasteiger partial charge on any atom is -0.543 e. The van der Waals surface area contributed by atoms with E-state index in [1.54, 1.807) is 17.7 Å². The van der Waals surface area contributed by atoms with Crippen molar-refractivity contribution in [3.8, 4) is 0 Å². The van der Waals surface area contributed by atoms with Crippen molar-refractivity contribution in [2.45, 2.75) is 0 Å².